The first-order valence-electron chi connectivity index (χ1n) is 10.3. The third kappa shape index (κ3) is 5.04. The lowest BCUT2D eigenvalue weighted by atomic mass is 10.1. The van der Waals surface area contributed by atoms with Crippen LogP contribution in [0.4, 0.5) is 11.4 Å². The van der Waals surface area contributed by atoms with Crippen molar-refractivity contribution in [2.45, 2.75) is 13.0 Å². The number of thioether (sulfide) groups is 1. The van der Waals surface area contributed by atoms with Crippen molar-refractivity contribution in [2.24, 2.45) is 0 Å². The van der Waals surface area contributed by atoms with Crippen LogP contribution in [0.3, 0.4) is 0 Å². The molecule has 1 aromatic heterocycles. The number of anilines is 2. The van der Waals surface area contributed by atoms with E-state index >= 15 is 0 Å². The summed E-state index contributed by atoms with van der Waals surface area (Å²) in [7, 11) is 1.58. The minimum atomic E-state index is -0.605. The first-order valence-corrected chi connectivity index (χ1v) is 11.4. The van der Waals surface area contributed by atoms with Crippen molar-refractivity contribution in [3.05, 3.63) is 77.7 Å². The molecule has 8 nitrogen and oxygen atoms in total. The molecule has 2 N–H and O–H groups in total. The number of nitrogens with zero attached hydrogens (tertiary/aromatic N) is 1. The van der Waals surface area contributed by atoms with Gasteiger partial charge in [-0.2, -0.15) is 0 Å². The van der Waals surface area contributed by atoms with E-state index in [4.69, 9.17) is 9.15 Å². The first kappa shape index (κ1) is 22.5. The number of furan rings is 1. The zero-order chi connectivity index (χ0) is 23.4. The summed E-state index contributed by atoms with van der Waals surface area (Å²) in [6.07, 6.45) is 1.42. The van der Waals surface area contributed by atoms with Crippen LogP contribution in [-0.4, -0.2) is 47.4 Å². The fourth-order valence-corrected chi connectivity index (χ4v) is 4.56. The van der Waals surface area contributed by atoms with Gasteiger partial charge in [-0.25, -0.2) is 0 Å². The van der Waals surface area contributed by atoms with Crippen LogP contribution in [-0.2, 0) is 4.79 Å². The molecule has 9 heteroatoms. The van der Waals surface area contributed by atoms with Gasteiger partial charge >= 0.3 is 0 Å². The first-order chi connectivity index (χ1) is 16.0. The molecule has 1 fully saturated rings. The molecule has 0 bridgehead atoms. The molecule has 1 unspecified atom stereocenters. The molecule has 0 saturated carbocycles. The Morgan fingerprint density at radius 2 is 1.88 bits per heavy atom. The molecular formula is C24H23N3O5S. The second-order valence-corrected chi connectivity index (χ2v) is 8.47. The molecule has 0 radical (unpaired) electrons. The van der Waals surface area contributed by atoms with Crippen molar-refractivity contribution in [3.8, 4) is 5.75 Å². The maximum absolute atomic E-state index is 13.3. The number of methoxy groups -OCH3 is 1. The fraction of sp³-hybridized carbons (Fsp3) is 0.208. The molecule has 3 amide bonds. The van der Waals surface area contributed by atoms with Crippen molar-refractivity contribution in [2.75, 3.05) is 29.4 Å². The highest BCUT2D eigenvalue weighted by molar-refractivity contribution is 7.99. The predicted molar refractivity (Wildman–Crippen MR) is 127 cm³/mol. The minimum Gasteiger partial charge on any atom is -0.497 e. The molecule has 0 spiro atoms. The van der Waals surface area contributed by atoms with E-state index in [2.05, 4.69) is 10.6 Å². The Kier molecular flexibility index (Phi) is 6.69. The number of aryl methyl sites for hydroxylation is 1. The molecule has 2 aromatic carbocycles. The molecule has 0 aliphatic carbocycles. The third-order valence-corrected chi connectivity index (χ3v) is 6.29. The van der Waals surface area contributed by atoms with E-state index in [-0.39, 0.29) is 17.6 Å². The lowest BCUT2D eigenvalue weighted by molar-refractivity contribution is -0.119. The van der Waals surface area contributed by atoms with Gasteiger partial charge < -0.3 is 24.7 Å². The summed E-state index contributed by atoms with van der Waals surface area (Å²) in [5.74, 6) is 0.845. The largest absolute Gasteiger partial charge is 0.497 e. The maximum Gasteiger partial charge on any atom is 0.291 e. The fourth-order valence-electron chi connectivity index (χ4n) is 3.41. The van der Waals surface area contributed by atoms with E-state index in [0.717, 1.165) is 5.56 Å². The zero-order valence-electron chi connectivity index (χ0n) is 18.2. The van der Waals surface area contributed by atoms with Crippen LogP contribution in [0, 0.1) is 6.92 Å². The Balaban J connectivity index is 1.48. The molecule has 1 aliphatic rings. The molecule has 1 aliphatic heterocycles. The van der Waals surface area contributed by atoms with Crippen molar-refractivity contribution >= 4 is 40.9 Å². The summed E-state index contributed by atoms with van der Waals surface area (Å²) in [5, 5.41) is 5.64. The number of carbonyl (C=O) groups is 3. The van der Waals surface area contributed by atoms with E-state index in [1.165, 1.54) is 18.0 Å². The van der Waals surface area contributed by atoms with E-state index in [0.29, 0.717) is 34.3 Å². The molecule has 1 atom stereocenters. The number of hydrogen-bond donors (Lipinski definition) is 2. The number of ether oxygens (including phenoxy) is 1. The summed E-state index contributed by atoms with van der Waals surface area (Å²) in [6.45, 7) is 1.84. The number of amides is 3. The normalized spacial score (nSPS) is 15.2. The lowest BCUT2D eigenvalue weighted by Gasteiger charge is -2.23. The van der Waals surface area contributed by atoms with Gasteiger partial charge in [-0.3, -0.25) is 14.4 Å². The van der Waals surface area contributed by atoms with Gasteiger partial charge in [0.05, 0.1) is 19.2 Å². The van der Waals surface area contributed by atoms with Gasteiger partial charge in [-0.15, -0.1) is 11.8 Å². The van der Waals surface area contributed by atoms with Crippen molar-refractivity contribution in [3.63, 3.8) is 0 Å². The quantitative estimate of drug-likeness (QED) is 0.571. The van der Waals surface area contributed by atoms with Crippen LogP contribution >= 0.6 is 11.8 Å². The maximum atomic E-state index is 13.3. The number of nitrogens with one attached hydrogen (secondary N) is 2. The van der Waals surface area contributed by atoms with E-state index in [1.807, 2.05) is 6.92 Å². The van der Waals surface area contributed by atoms with Gasteiger partial charge in [0.2, 0.25) is 5.91 Å². The second kappa shape index (κ2) is 9.83. The van der Waals surface area contributed by atoms with Gasteiger partial charge in [0, 0.05) is 22.7 Å². The summed E-state index contributed by atoms with van der Waals surface area (Å²) in [4.78, 5) is 40.1. The van der Waals surface area contributed by atoms with Crippen LogP contribution in [0.1, 0.15) is 26.5 Å². The molecule has 4 rings (SSSR count). The molecule has 2 heterocycles. The minimum absolute atomic E-state index is 0.178. The average molecular weight is 466 g/mol. The summed E-state index contributed by atoms with van der Waals surface area (Å²) < 4.78 is 10.3. The van der Waals surface area contributed by atoms with Gasteiger partial charge in [-0.1, -0.05) is 6.07 Å². The second-order valence-electron chi connectivity index (χ2n) is 7.47. The van der Waals surface area contributed by atoms with Crippen LogP contribution in [0.25, 0.3) is 0 Å². The van der Waals surface area contributed by atoms with Crippen LogP contribution in [0.15, 0.2) is 65.3 Å². The Hall–Kier alpha value is -3.72. The molecule has 1 saturated heterocycles. The van der Waals surface area contributed by atoms with Crippen molar-refractivity contribution in [1.82, 2.24) is 4.90 Å². The Bertz CT molecular complexity index is 1160. The standard InChI is InChI=1S/C24H23N3O5S/c1-15-5-6-16(12-19(15)26-23(29)21-4-3-11-32-21)24(30)27-14-33-13-20(27)22(28)25-17-7-9-18(31-2)10-8-17/h3-12,20H,13-14H2,1-2H3,(H,25,28)(H,26,29). The Morgan fingerprint density at radius 3 is 2.58 bits per heavy atom. The number of carbonyl (C=O) groups excluding carboxylic acids is 3. The summed E-state index contributed by atoms with van der Waals surface area (Å²) in [5.41, 5.74) is 2.33. The highest BCUT2D eigenvalue weighted by Gasteiger charge is 2.35. The van der Waals surface area contributed by atoms with E-state index in [1.54, 1.807) is 66.6 Å². The molecular weight excluding hydrogens is 442 g/mol. The number of rotatable bonds is 6. The smallest absolute Gasteiger partial charge is 0.291 e. The van der Waals surface area contributed by atoms with Gasteiger partial charge in [-0.05, 0) is 61.0 Å². The third-order valence-electron chi connectivity index (χ3n) is 5.28. The van der Waals surface area contributed by atoms with E-state index < -0.39 is 11.9 Å². The Morgan fingerprint density at radius 1 is 1.09 bits per heavy atom. The summed E-state index contributed by atoms with van der Waals surface area (Å²) >= 11 is 1.52. The average Bonchev–Trinajstić information content (AvgIpc) is 3.53. The zero-order valence-corrected chi connectivity index (χ0v) is 19.0. The molecule has 33 heavy (non-hydrogen) atoms. The number of benzene rings is 2. The molecule has 170 valence electrons. The highest BCUT2D eigenvalue weighted by Crippen LogP contribution is 2.27. The van der Waals surface area contributed by atoms with Gasteiger partial charge in [0.25, 0.3) is 11.8 Å². The van der Waals surface area contributed by atoms with Crippen molar-refractivity contribution < 1.29 is 23.5 Å². The van der Waals surface area contributed by atoms with Crippen LogP contribution in [0.5, 0.6) is 5.75 Å². The topological polar surface area (TPSA) is 101 Å². The SMILES string of the molecule is COc1ccc(NC(=O)C2CSCN2C(=O)c2ccc(C)c(NC(=O)c3ccco3)c2)cc1. The van der Waals surface area contributed by atoms with Crippen LogP contribution in [0.2, 0.25) is 0 Å². The van der Waals surface area contributed by atoms with Gasteiger partial charge in [0.15, 0.2) is 5.76 Å². The number of hydrogen-bond acceptors (Lipinski definition) is 6. The Labute approximate surface area is 195 Å². The highest BCUT2D eigenvalue weighted by atomic mass is 32.2. The monoisotopic (exact) mass is 465 g/mol. The van der Waals surface area contributed by atoms with Gasteiger partial charge in [0.1, 0.15) is 11.8 Å². The summed E-state index contributed by atoms with van der Waals surface area (Å²) in [6, 6.07) is 14.7. The predicted octanol–water partition coefficient (Wildman–Crippen LogP) is 4.00. The van der Waals surface area contributed by atoms with E-state index in [9.17, 15) is 14.4 Å². The lowest BCUT2D eigenvalue weighted by Crippen LogP contribution is -2.44. The molecule has 3 aromatic rings. The van der Waals surface area contributed by atoms with Crippen molar-refractivity contribution in [1.29, 1.82) is 0 Å². The van der Waals surface area contributed by atoms with Crippen LogP contribution < -0.4 is 15.4 Å².